The van der Waals surface area contributed by atoms with E-state index in [1.54, 1.807) is 6.07 Å². The third-order valence-electron chi connectivity index (χ3n) is 5.25. The Morgan fingerprint density at radius 3 is 2.64 bits per heavy atom. The summed E-state index contributed by atoms with van der Waals surface area (Å²) in [6, 6.07) is 16.1. The largest absolute Gasteiger partial charge is 0.335 e. The Morgan fingerprint density at radius 1 is 1.14 bits per heavy atom. The van der Waals surface area contributed by atoms with Gasteiger partial charge in [-0.3, -0.25) is 9.59 Å². The fraction of sp³-hybridized carbons (Fsp3) is 0.348. The Kier molecular flexibility index (Phi) is 5.24. The first-order valence-corrected chi connectivity index (χ1v) is 9.93. The highest BCUT2D eigenvalue weighted by atomic mass is 16.2. The average molecular weight is 375 g/mol. The first kappa shape index (κ1) is 18.4. The molecule has 1 saturated carbocycles. The Hall–Kier alpha value is -2.95. The van der Waals surface area contributed by atoms with E-state index in [0.717, 1.165) is 12.8 Å². The molecule has 1 amide bonds. The van der Waals surface area contributed by atoms with Crippen molar-refractivity contribution in [2.45, 2.75) is 51.6 Å². The molecule has 1 heterocycles. The summed E-state index contributed by atoms with van der Waals surface area (Å²) in [5, 5.41) is 0.598. The van der Waals surface area contributed by atoms with Crippen molar-refractivity contribution in [3.05, 3.63) is 75.8 Å². The molecular weight excluding hydrogens is 350 g/mol. The zero-order valence-electron chi connectivity index (χ0n) is 16.1. The smallest absolute Gasteiger partial charge is 0.258 e. The number of fused-ring (bicyclic) bond motifs is 1. The van der Waals surface area contributed by atoms with Gasteiger partial charge < -0.3 is 9.88 Å². The summed E-state index contributed by atoms with van der Waals surface area (Å²) in [5.74, 6) is 0.833. The molecule has 0 atom stereocenters. The van der Waals surface area contributed by atoms with E-state index in [-0.39, 0.29) is 11.5 Å². The van der Waals surface area contributed by atoms with Crippen LogP contribution in [0.3, 0.4) is 0 Å². The van der Waals surface area contributed by atoms with Crippen LogP contribution in [0.5, 0.6) is 0 Å². The number of aromatic amines is 1. The second-order valence-electron chi connectivity index (χ2n) is 7.62. The van der Waals surface area contributed by atoms with Crippen molar-refractivity contribution in [3.63, 3.8) is 0 Å². The van der Waals surface area contributed by atoms with E-state index in [4.69, 9.17) is 0 Å². The minimum Gasteiger partial charge on any atom is -0.335 e. The van der Waals surface area contributed by atoms with E-state index >= 15 is 0 Å². The van der Waals surface area contributed by atoms with Gasteiger partial charge in [-0.25, -0.2) is 4.98 Å². The van der Waals surface area contributed by atoms with Crippen molar-refractivity contribution in [1.82, 2.24) is 14.9 Å². The van der Waals surface area contributed by atoms with Crippen LogP contribution in [0.4, 0.5) is 0 Å². The van der Waals surface area contributed by atoms with Crippen molar-refractivity contribution in [3.8, 4) is 0 Å². The molecule has 0 radical (unpaired) electrons. The molecule has 0 bridgehead atoms. The molecular formula is C23H25N3O2. The fourth-order valence-electron chi connectivity index (χ4n) is 3.50. The normalized spacial score (nSPS) is 13.6. The second kappa shape index (κ2) is 7.97. The first-order chi connectivity index (χ1) is 13.6. The zero-order valence-corrected chi connectivity index (χ0v) is 16.1. The average Bonchev–Trinajstić information content (AvgIpc) is 3.52. The number of amides is 1. The van der Waals surface area contributed by atoms with Crippen molar-refractivity contribution in [2.24, 2.45) is 0 Å². The van der Waals surface area contributed by atoms with E-state index in [2.05, 4.69) is 41.2 Å². The number of hydrogen-bond acceptors (Lipinski definition) is 3. The van der Waals surface area contributed by atoms with E-state index in [0.29, 0.717) is 48.6 Å². The molecule has 1 fully saturated rings. The van der Waals surface area contributed by atoms with E-state index in [9.17, 15) is 9.59 Å². The zero-order chi connectivity index (χ0) is 19.5. The second-order valence-corrected chi connectivity index (χ2v) is 7.62. The van der Waals surface area contributed by atoms with Gasteiger partial charge in [0.1, 0.15) is 5.82 Å². The molecule has 3 aromatic rings. The quantitative estimate of drug-likeness (QED) is 0.684. The number of para-hydroxylation sites is 1. The summed E-state index contributed by atoms with van der Waals surface area (Å²) in [4.78, 5) is 34.3. The summed E-state index contributed by atoms with van der Waals surface area (Å²) in [7, 11) is 0. The minimum absolute atomic E-state index is 0.120. The molecule has 5 nitrogen and oxygen atoms in total. The molecule has 0 saturated heterocycles. The van der Waals surface area contributed by atoms with Gasteiger partial charge in [0.15, 0.2) is 0 Å². The van der Waals surface area contributed by atoms with E-state index in [1.807, 2.05) is 23.1 Å². The highest BCUT2D eigenvalue weighted by molar-refractivity contribution is 5.77. The van der Waals surface area contributed by atoms with Crippen LogP contribution in [0.2, 0.25) is 0 Å². The van der Waals surface area contributed by atoms with Crippen LogP contribution in [0, 0.1) is 6.92 Å². The van der Waals surface area contributed by atoms with Crippen molar-refractivity contribution in [2.75, 3.05) is 0 Å². The molecule has 0 spiro atoms. The molecule has 1 aliphatic rings. The maximum Gasteiger partial charge on any atom is 0.258 e. The lowest BCUT2D eigenvalue weighted by atomic mass is 10.1. The van der Waals surface area contributed by atoms with Gasteiger partial charge in [-0.1, -0.05) is 42.0 Å². The number of rotatable bonds is 7. The maximum atomic E-state index is 12.8. The lowest BCUT2D eigenvalue weighted by Gasteiger charge is -2.22. The van der Waals surface area contributed by atoms with Gasteiger partial charge in [0.25, 0.3) is 5.56 Å². The van der Waals surface area contributed by atoms with Crippen LogP contribution < -0.4 is 5.56 Å². The van der Waals surface area contributed by atoms with Crippen molar-refractivity contribution < 1.29 is 4.79 Å². The number of H-pyrrole nitrogens is 1. The van der Waals surface area contributed by atoms with Gasteiger partial charge in [-0.05, 0) is 43.9 Å². The molecule has 1 aliphatic carbocycles. The summed E-state index contributed by atoms with van der Waals surface area (Å²) >= 11 is 0. The molecule has 0 unspecified atom stereocenters. The van der Waals surface area contributed by atoms with Crippen LogP contribution in [0.15, 0.2) is 53.3 Å². The van der Waals surface area contributed by atoms with Gasteiger partial charge in [-0.15, -0.1) is 0 Å². The lowest BCUT2D eigenvalue weighted by Crippen LogP contribution is -2.32. The van der Waals surface area contributed by atoms with Gasteiger partial charge >= 0.3 is 0 Å². The fourth-order valence-corrected chi connectivity index (χ4v) is 3.50. The predicted molar refractivity (Wildman–Crippen MR) is 110 cm³/mol. The minimum atomic E-state index is -0.120. The monoisotopic (exact) mass is 375 g/mol. The predicted octanol–water partition coefficient (Wildman–Crippen LogP) is 3.75. The Morgan fingerprint density at radius 2 is 1.89 bits per heavy atom. The molecule has 28 heavy (non-hydrogen) atoms. The number of aromatic nitrogens is 2. The van der Waals surface area contributed by atoms with Crippen LogP contribution in [0.1, 0.15) is 42.6 Å². The third kappa shape index (κ3) is 4.30. The highest BCUT2D eigenvalue weighted by Crippen LogP contribution is 2.29. The molecule has 4 rings (SSSR count). The number of carbonyl (C=O) groups is 1. The van der Waals surface area contributed by atoms with Gasteiger partial charge in [-0.2, -0.15) is 0 Å². The molecule has 2 aromatic carbocycles. The number of nitrogens with zero attached hydrogens (tertiary/aromatic N) is 2. The Bertz CT molecular complexity index is 1040. The van der Waals surface area contributed by atoms with Crippen molar-refractivity contribution >= 4 is 16.8 Å². The van der Waals surface area contributed by atoms with E-state index in [1.165, 1.54) is 11.1 Å². The van der Waals surface area contributed by atoms with Gasteiger partial charge in [0, 0.05) is 25.4 Å². The summed E-state index contributed by atoms with van der Waals surface area (Å²) in [6.45, 7) is 2.74. The van der Waals surface area contributed by atoms with Gasteiger partial charge in [0.2, 0.25) is 5.91 Å². The summed E-state index contributed by atoms with van der Waals surface area (Å²) in [5.41, 5.74) is 2.98. The number of benzene rings is 2. The lowest BCUT2D eigenvalue weighted by molar-refractivity contribution is -0.132. The van der Waals surface area contributed by atoms with Gasteiger partial charge in [0.05, 0.1) is 10.9 Å². The van der Waals surface area contributed by atoms with Crippen LogP contribution in [0.25, 0.3) is 10.9 Å². The number of aryl methyl sites for hydroxylation is 2. The highest BCUT2D eigenvalue weighted by Gasteiger charge is 2.32. The van der Waals surface area contributed by atoms with Crippen molar-refractivity contribution in [1.29, 1.82) is 0 Å². The number of hydrogen-bond donors (Lipinski definition) is 1. The summed E-state index contributed by atoms with van der Waals surface area (Å²) < 4.78 is 0. The molecule has 144 valence electrons. The SMILES string of the molecule is Cc1ccc(CN(C(=O)CCCc2nc3ccccc3c(=O)[nH]2)C2CC2)cc1. The van der Waals surface area contributed by atoms with Crippen LogP contribution in [-0.2, 0) is 17.8 Å². The summed E-state index contributed by atoms with van der Waals surface area (Å²) in [6.07, 6.45) is 3.93. The van der Waals surface area contributed by atoms with E-state index < -0.39 is 0 Å². The molecule has 5 heteroatoms. The maximum absolute atomic E-state index is 12.8. The first-order valence-electron chi connectivity index (χ1n) is 9.93. The van der Waals surface area contributed by atoms with Crippen LogP contribution in [-0.4, -0.2) is 26.8 Å². The Balaban J connectivity index is 1.37. The molecule has 0 aliphatic heterocycles. The third-order valence-corrected chi connectivity index (χ3v) is 5.25. The molecule has 1 aromatic heterocycles. The van der Waals surface area contributed by atoms with Crippen LogP contribution >= 0.6 is 0 Å². The molecule has 1 N–H and O–H groups in total. The standard InChI is InChI=1S/C23H25N3O2/c1-16-9-11-17(12-10-16)15-26(18-13-14-18)22(27)8-4-7-21-24-20-6-3-2-5-19(20)23(28)25-21/h2-3,5-6,9-12,18H,4,7-8,13-15H2,1H3,(H,24,25,28). The Labute approximate surface area is 164 Å². The number of nitrogens with one attached hydrogen (secondary N) is 1. The topological polar surface area (TPSA) is 66.1 Å². The number of carbonyl (C=O) groups excluding carboxylic acids is 1.